The quantitative estimate of drug-likeness (QED) is 0.539. The molecular weight excluding hydrogens is 240 g/mol. The van der Waals surface area contributed by atoms with Gasteiger partial charge < -0.3 is 10.1 Å². The van der Waals surface area contributed by atoms with Crippen molar-refractivity contribution >= 4 is 5.97 Å². The number of ether oxygens (including phenoxy) is 1. The third-order valence-corrected chi connectivity index (χ3v) is 4.06. The molecule has 4 nitrogen and oxygen atoms in total. The van der Waals surface area contributed by atoms with Crippen molar-refractivity contribution in [2.24, 2.45) is 0 Å². The number of piperidine rings is 1. The fourth-order valence-corrected chi connectivity index (χ4v) is 2.63. The zero-order valence-electron chi connectivity index (χ0n) is 12.2. The second-order valence-electron chi connectivity index (χ2n) is 5.88. The normalized spacial score (nSPS) is 24.4. The third-order valence-electron chi connectivity index (χ3n) is 4.06. The van der Waals surface area contributed by atoms with E-state index in [1.165, 1.54) is 32.1 Å². The molecule has 2 aliphatic rings. The van der Waals surface area contributed by atoms with Gasteiger partial charge in [-0.15, -0.1) is 0 Å². The molecule has 110 valence electrons. The van der Waals surface area contributed by atoms with E-state index in [-0.39, 0.29) is 5.97 Å². The number of unbranched alkanes of at least 4 members (excludes halogenated alkanes) is 1. The Morgan fingerprint density at radius 1 is 1.32 bits per heavy atom. The molecule has 1 aliphatic heterocycles. The molecule has 2 fully saturated rings. The van der Waals surface area contributed by atoms with Crippen molar-refractivity contribution in [1.82, 2.24) is 10.2 Å². The number of rotatable bonds is 8. The highest BCUT2D eigenvalue weighted by Crippen LogP contribution is 2.21. The van der Waals surface area contributed by atoms with Crippen LogP contribution in [0.4, 0.5) is 0 Å². The molecule has 1 aliphatic carbocycles. The minimum Gasteiger partial charge on any atom is -0.465 e. The van der Waals surface area contributed by atoms with Crippen molar-refractivity contribution in [2.75, 3.05) is 26.2 Å². The number of hydrogen-bond acceptors (Lipinski definition) is 4. The molecule has 0 amide bonds. The minimum atomic E-state index is -0.0493. The predicted molar refractivity (Wildman–Crippen MR) is 76.1 cm³/mol. The first-order chi connectivity index (χ1) is 9.29. The van der Waals surface area contributed by atoms with Gasteiger partial charge in [0, 0.05) is 18.6 Å². The largest absolute Gasteiger partial charge is 0.465 e. The monoisotopic (exact) mass is 268 g/mol. The summed E-state index contributed by atoms with van der Waals surface area (Å²) in [7, 11) is 0. The van der Waals surface area contributed by atoms with E-state index in [0.717, 1.165) is 32.0 Å². The summed E-state index contributed by atoms with van der Waals surface area (Å²) in [5.41, 5.74) is 0. The van der Waals surface area contributed by atoms with E-state index in [4.69, 9.17) is 4.74 Å². The number of nitrogens with zero attached hydrogens (tertiary/aromatic N) is 1. The fraction of sp³-hybridized carbons (Fsp3) is 0.933. The minimum absolute atomic E-state index is 0.0493. The lowest BCUT2D eigenvalue weighted by Crippen LogP contribution is -2.48. The lowest BCUT2D eigenvalue weighted by molar-refractivity contribution is -0.146. The molecule has 2 rings (SSSR count). The lowest BCUT2D eigenvalue weighted by Gasteiger charge is -2.35. The molecule has 0 aromatic heterocycles. The van der Waals surface area contributed by atoms with Crippen LogP contribution in [-0.4, -0.2) is 49.2 Å². The van der Waals surface area contributed by atoms with Gasteiger partial charge in [-0.1, -0.05) is 19.8 Å². The SMILES string of the molecule is CCCCOC(=O)CN1CCCCC1CNC1CC1. The number of carbonyl (C=O) groups excluding carboxylic acids is 1. The van der Waals surface area contributed by atoms with Crippen LogP contribution in [0.25, 0.3) is 0 Å². The van der Waals surface area contributed by atoms with Gasteiger partial charge in [-0.3, -0.25) is 9.69 Å². The molecule has 1 unspecified atom stereocenters. The highest BCUT2D eigenvalue weighted by molar-refractivity contribution is 5.71. The number of nitrogens with one attached hydrogen (secondary N) is 1. The Morgan fingerprint density at radius 2 is 2.16 bits per heavy atom. The standard InChI is InChI=1S/C15H28N2O2/c1-2-3-10-19-15(18)12-17-9-5-4-6-14(17)11-16-13-7-8-13/h13-14,16H,2-12H2,1H3. The Balaban J connectivity index is 1.69. The number of likely N-dealkylation sites (tertiary alicyclic amines) is 1. The van der Waals surface area contributed by atoms with Gasteiger partial charge in [-0.2, -0.15) is 0 Å². The highest BCUT2D eigenvalue weighted by atomic mass is 16.5. The van der Waals surface area contributed by atoms with E-state index in [1.54, 1.807) is 0 Å². The maximum atomic E-state index is 11.8. The highest BCUT2D eigenvalue weighted by Gasteiger charge is 2.27. The average Bonchev–Trinajstić information content (AvgIpc) is 3.22. The van der Waals surface area contributed by atoms with Gasteiger partial charge in [0.25, 0.3) is 0 Å². The van der Waals surface area contributed by atoms with Crippen molar-refractivity contribution in [3.8, 4) is 0 Å². The maximum Gasteiger partial charge on any atom is 0.320 e. The summed E-state index contributed by atoms with van der Waals surface area (Å²) in [6, 6.07) is 1.27. The molecule has 1 saturated heterocycles. The molecule has 19 heavy (non-hydrogen) atoms. The summed E-state index contributed by atoms with van der Waals surface area (Å²) < 4.78 is 5.27. The lowest BCUT2D eigenvalue weighted by atomic mass is 10.0. The van der Waals surface area contributed by atoms with Crippen molar-refractivity contribution < 1.29 is 9.53 Å². The molecule has 1 atom stereocenters. The molecule has 0 aromatic rings. The first-order valence-electron chi connectivity index (χ1n) is 7.92. The molecule has 1 N–H and O–H groups in total. The Morgan fingerprint density at radius 3 is 2.89 bits per heavy atom. The van der Waals surface area contributed by atoms with E-state index in [2.05, 4.69) is 17.1 Å². The molecule has 0 aromatic carbocycles. The van der Waals surface area contributed by atoms with Crippen LogP contribution < -0.4 is 5.32 Å². The van der Waals surface area contributed by atoms with Gasteiger partial charge >= 0.3 is 5.97 Å². The van der Waals surface area contributed by atoms with Gasteiger partial charge in [0.05, 0.1) is 13.2 Å². The van der Waals surface area contributed by atoms with Crippen molar-refractivity contribution in [3.63, 3.8) is 0 Å². The van der Waals surface area contributed by atoms with Crippen molar-refractivity contribution in [3.05, 3.63) is 0 Å². The van der Waals surface area contributed by atoms with Crippen LogP contribution in [0.2, 0.25) is 0 Å². The Hall–Kier alpha value is -0.610. The summed E-state index contributed by atoms with van der Waals surface area (Å²) in [6.07, 6.45) is 8.41. The van der Waals surface area contributed by atoms with Crippen LogP contribution in [0.15, 0.2) is 0 Å². The van der Waals surface area contributed by atoms with Crippen molar-refractivity contribution in [1.29, 1.82) is 0 Å². The van der Waals surface area contributed by atoms with Gasteiger partial charge in [-0.25, -0.2) is 0 Å². The van der Waals surface area contributed by atoms with E-state index < -0.39 is 0 Å². The summed E-state index contributed by atoms with van der Waals surface area (Å²) in [5, 5.41) is 3.59. The van der Waals surface area contributed by atoms with Crippen LogP contribution in [0.1, 0.15) is 51.9 Å². The summed E-state index contributed by atoms with van der Waals surface area (Å²) in [6.45, 7) is 5.24. The Kier molecular flexibility index (Phi) is 6.11. The number of esters is 1. The number of hydrogen-bond donors (Lipinski definition) is 1. The molecule has 1 saturated carbocycles. The first kappa shape index (κ1) is 14.8. The fourth-order valence-electron chi connectivity index (χ4n) is 2.63. The molecule has 0 bridgehead atoms. The second-order valence-corrected chi connectivity index (χ2v) is 5.88. The topological polar surface area (TPSA) is 41.6 Å². The van der Waals surface area contributed by atoms with E-state index in [0.29, 0.717) is 19.2 Å². The second kappa shape index (κ2) is 7.85. The third kappa shape index (κ3) is 5.49. The molecule has 0 radical (unpaired) electrons. The zero-order chi connectivity index (χ0) is 13.5. The van der Waals surface area contributed by atoms with Gasteiger partial charge in [0.15, 0.2) is 0 Å². The molecule has 4 heteroatoms. The van der Waals surface area contributed by atoms with Gasteiger partial charge in [-0.05, 0) is 38.6 Å². The maximum absolute atomic E-state index is 11.8. The summed E-state index contributed by atoms with van der Waals surface area (Å²) in [4.78, 5) is 14.1. The van der Waals surface area contributed by atoms with E-state index >= 15 is 0 Å². The summed E-state index contributed by atoms with van der Waals surface area (Å²) >= 11 is 0. The zero-order valence-corrected chi connectivity index (χ0v) is 12.2. The predicted octanol–water partition coefficient (Wildman–Crippen LogP) is 1.94. The smallest absolute Gasteiger partial charge is 0.320 e. The summed E-state index contributed by atoms with van der Waals surface area (Å²) in [5.74, 6) is -0.0493. The Labute approximate surface area is 116 Å². The van der Waals surface area contributed by atoms with Crippen LogP contribution in [0, 0.1) is 0 Å². The van der Waals surface area contributed by atoms with Crippen LogP contribution >= 0.6 is 0 Å². The van der Waals surface area contributed by atoms with E-state index in [9.17, 15) is 4.79 Å². The van der Waals surface area contributed by atoms with Gasteiger partial charge in [0.2, 0.25) is 0 Å². The van der Waals surface area contributed by atoms with Crippen LogP contribution in [0.3, 0.4) is 0 Å². The molecular formula is C15H28N2O2. The van der Waals surface area contributed by atoms with Crippen molar-refractivity contribution in [2.45, 2.75) is 64.0 Å². The average molecular weight is 268 g/mol. The van der Waals surface area contributed by atoms with Crippen LogP contribution in [0.5, 0.6) is 0 Å². The van der Waals surface area contributed by atoms with E-state index in [1.807, 2.05) is 0 Å². The number of carbonyl (C=O) groups is 1. The molecule has 0 spiro atoms. The van der Waals surface area contributed by atoms with Crippen LogP contribution in [-0.2, 0) is 9.53 Å². The van der Waals surface area contributed by atoms with Gasteiger partial charge in [0.1, 0.15) is 0 Å². The first-order valence-corrected chi connectivity index (χ1v) is 7.92. The molecule has 1 heterocycles. The Bertz CT molecular complexity index is 279.